The van der Waals surface area contributed by atoms with Crippen LogP contribution in [-0.2, 0) is 16.0 Å². The first-order valence-electron chi connectivity index (χ1n) is 4.63. The number of methoxy groups -OCH3 is 1. The summed E-state index contributed by atoms with van der Waals surface area (Å²) in [5, 5.41) is 0. The molecule has 76 valence electrons. The highest BCUT2D eigenvalue weighted by atomic mass is 16.5. The van der Waals surface area contributed by atoms with Crippen LogP contribution in [0.4, 0.5) is 5.69 Å². The number of ether oxygens (including phenoxy) is 1. The highest BCUT2D eigenvalue weighted by Crippen LogP contribution is 2.08. The van der Waals surface area contributed by atoms with Gasteiger partial charge < -0.3 is 10.5 Å². The van der Waals surface area contributed by atoms with Crippen molar-refractivity contribution in [3.8, 4) is 0 Å². The van der Waals surface area contributed by atoms with Gasteiger partial charge in [0.15, 0.2) is 0 Å². The van der Waals surface area contributed by atoms with Gasteiger partial charge in [-0.2, -0.15) is 0 Å². The third kappa shape index (κ3) is 3.47. The van der Waals surface area contributed by atoms with Gasteiger partial charge in [0.1, 0.15) is 0 Å². The first-order valence-corrected chi connectivity index (χ1v) is 4.63. The van der Waals surface area contributed by atoms with E-state index in [-0.39, 0.29) is 5.97 Å². The van der Waals surface area contributed by atoms with Gasteiger partial charge in [-0.3, -0.25) is 4.79 Å². The Morgan fingerprint density at radius 3 is 2.57 bits per heavy atom. The number of nitrogen functional groups attached to an aromatic ring is 1. The Bertz CT molecular complexity index is 293. The van der Waals surface area contributed by atoms with Gasteiger partial charge in [-0.1, -0.05) is 12.1 Å². The predicted octanol–water partition coefficient (Wildman–Crippen LogP) is 1.76. The maximum Gasteiger partial charge on any atom is 0.305 e. The molecule has 3 heteroatoms. The molecule has 0 unspecified atom stereocenters. The molecule has 3 nitrogen and oxygen atoms in total. The molecule has 0 aliphatic rings. The molecular weight excluding hydrogens is 178 g/mol. The number of rotatable bonds is 4. The lowest BCUT2D eigenvalue weighted by molar-refractivity contribution is -0.140. The molecule has 0 saturated heterocycles. The quantitative estimate of drug-likeness (QED) is 0.585. The largest absolute Gasteiger partial charge is 0.469 e. The molecule has 0 radical (unpaired) electrons. The average Bonchev–Trinajstić information content (AvgIpc) is 2.21. The van der Waals surface area contributed by atoms with E-state index in [1.54, 1.807) is 0 Å². The molecule has 0 heterocycles. The van der Waals surface area contributed by atoms with Gasteiger partial charge in [0.25, 0.3) is 0 Å². The summed E-state index contributed by atoms with van der Waals surface area (Å²) in [7, 11) is 1.41. The van der Waals surface area contributed by atoms with Crippen molar-refractivity contribution >= 4 is 11.7 Å². The van der Waals surface area contributed by atoms with Crippen molar-refractivity contribution in [3.05, 3.63) is 29.8 Å². The molecule has 0 aliphatic heterocycles. The highest BCUT2D eigenvalue weighted by molar-refractivity contribution is 5.69. The second kappa shape index (κ2) is 5.27. The normalized spacial score (nSPS) is 9.79. The third-order valence-corrected chi connectivity index (χ3v) is 2.05. The van der Waals surface area contributed by atoms with Crippen molar-refractivity contribution in [1.29, 1.82) is 0 Å². The summed E-state index contributed by atoms with van der Waals surface area (Å²) < 4.78 is 4.55. The Hall–Kier alpha value is -1.51. The van der Waals surface area contributed by atoms with Crippen LogP contribution in [0.3, 0.4) is 0 Å². The van der Waals surface area contributed by atoms with Crippen molar-refractivity contribution in [2.45, 2.75) is 19.3 Å². The van der Waals surface area contributed by atoms with Crippen LogP contribution in [0, 0.1) is 0 Å². The maximum atomic E-state index is 10.8. The van der Waals surface area contributed by atoms with Crippen molar-refractivity contribution in [1.82, 2.24) is 0 Å². The summed E-state index contributed by atoms with van der Waals surface area (Å²) in [5.41, 5.74) is 7.51. The van der Waals surface area contributed by atoms with Crippen LogP contribution in [0.1, 0.15) is 18.4 Å². The van der Waals surface area contributed by atoms with Crippen LogP contribution in [0.15, 0.2) is 24.3 Å². The van der Waals surface area contributed by atoms with Crippen molar-refractivity contribution in [3.63, 3.8) is 0 Å². The average molecular weight is 193 g/mol. The number of carbonyl (C=O) groups is 1. The summed E-state index contributed by atoms with van der Waals surface area (Å²) in [6.45, 7) is 0. The topological polar surface area (TPSA) is 52.3 Å². The minimum Gasteiger partial charge on any atom is -0.469 e. The van der Waals surface area contributed by atoms with Gasteiger partial charge in [0.2, 0.25) is 0 Å². The molecule has 14 heavy (non-hydrogen) atoms. The van der Waals surface area contributed by atoms with Gasteiger partial charge in [0, 0.05) is 12.1 Å². The Morgan fingerprint density at radius 2 is 2.00 bits per heavy atom. The molecule has 0 spiro atoms. The molecule has 0 amide bonds. The van der Waals surface area contributed by atoms with E-state index in [0.717, 1.165) is 18.5 Å². The number of hydrogen-bond donors (Lipinski definition) is 1. The lowest BCUT2D eigenvalue weighted by Crippen LogP contribution is -2.00. The molecule has 0 aliphatic carbocycles. The highest BCUT2D eigenvalue weighted by Gasteiger charge is 1.99. The first-order chi connectivity index (χ1) is 6.72. The number of aryl methyl sites for hydroxylation is 1. The van der Waals surface area contributed by atoms with Gasteiger partial charge in [-0.05, 0) is 30.5 Å². The first kappa shape index (κ1) is 10.6. The van der Waals surface area contributed by atoms with Crippen molar-refractivity contribution in [2.24, 2.45) is 0 Å². The minimum absolute atomic E-state index is 0.152. The van der Waals surface area contributed by atoms with Crippen LogP contribution < -0.4 is 5.73 Å². The zero-order valence-corrected chi connectivity index (χ0v) is 8.32. The second-order valence-electron chi connectivity index (χ2n) is 3.17. The number of anilines is 1. The van der Waals surface area contributed by atoms with E-state index >= 15 is 0 Å². The van der Waals surface area contributed by atoms with E-state index < -0.39 is 0 Å². The molecule has 2 N–H and O–H groups in total. The van der Waals surface area contributed by atoms with Crippen LogP contribution in [0.5, 0.6) is 0 Å². The van der Waals surface area contributed by atoms with Crippen molar-refractivity contribution < 1.29 is 9.53 Å². The molecule has 0 fully saturated rings. The van der Waals surface area contributed by atoms with Crippen LogP contribution in [-0.4, -0.2) is 13.1 Å². The van der Waals surface area contributed by atoms with Gasteiger partial charge in [-0.15, -0.1) is 0 Å². The Kier molecular flexibility index (Phi) is 3.98. The number of carbonyl (C=O) groups excluding carboxylic acids is 1. The van der Waals surface area contributed by atoms with E-state index in [1.165, 1.54) is 12.7 Å². The molecule has 0 aromatic heterocycles. The minimum atomic E-state index is -0.152. The lowest BCUT2D eigenvalue weighted by Gasteiger charge is -2.01. The Morgan fingerprint density at radius 1 is 1.36 bits per heavy atom. The smallest absolute Gasteiger partial charge is 0.305 e. The van der Waals surface area contributed by atoms with Gasteiger partial charge in [0.05, 0.1) is 7.11 Å². The van der Waals surface area contributed by atoms with E-state index in [4.69, 9.17) is 5.73 Å². The van der Waals surface area contributed by atoms with E-state index in [0.29, 0.717) is 6.42 Å². The van der Waals surface area contributed by atoms with E-state index in [2.05, 4.69) is 4.74 Å². The number of benzene rings is 1. The fourth-order valence-electron chi connectivity index (χ4n) is 1.22. The molecule has 1 aromatic rings. The SMILES string of the molecule is COC(=O)CCCc1ccc(N)cc1. The molecular formula is C11H15NO2. The molecule has 0 saturated carbocycles. The van der Waals surface area contributed by atoms with E-state index in [9.17, 15) is 4.79 Å². The summed E-state index contributed by atoms with van der Waals surface area (Å²) in [6.07, 6.45) is 2.17. The van der Waals surface area contributed by atoms with Crippen LogP contribution in [0.25, 0.3) is 0 Å². The zero-order chi connectivity index (χ0) is 10.4. The number of hydrogen-bond acceptors (Lipinski definition) is 3. The van der Waals surface area contributed by atoms with Crippen LogP contribution in [0.2, 0.25) is 0 Å². The molecule has 1 aromatic carbocycles. The maximum absolute atomic E-state index is 10.8. The van der Waals surface area contributed by atoms with Crippen molar-refractivity contribution in [2.75, 3.05) is 12.8 Å². The fourth-order valence-corrected chi connectivity index (χ4v) is 1.22. The zero-order valence-electron chi connectivity index (χ0n) is 8.32. The number of nitrogens with two attached hydrogens (primary N) is 1. The summed E-state index contributed by atoms with van der Waals surface area (Å²) in [5.74, 6) is -0.152. The van der Waals surface area contributed by atoms with E-state index in [1.807, 2.05) is 24.3 Å². The van der Waals surface area contributed by atoms with Gasteiger partial charge in [-0.25, -0.2) is 0 Å². The second-order valence-corrected chi connectivity index (χ2v) is 3.17. The Labute approximate surface area is 83.9 Å². The summed E-state index contributed by atoms with van der Waals surface area (Å²) in [4.78, 5) is 10.8. The molecule has 0 atom stereocenters. The molecule has 1 rings (SSSR count). The van der Waals surface area contributed by atoms with Gasteiger partial charge >= 0.3 is 5.97 Å². The summed E-state index contributed by atoms with van der Waals surface area (Å²) >= 11 is 0. The fraction of sp³-hybridized carbons (Fsp3) is 0.364. The monoisotopic (exact) mass is 193 g/mol. The Balaban J connectivity index is 2.31. The standard InChI is InChI=1S/C11H15NO2/c1-14-11(13)4-2-3-9-5-7-10(12)8-6-9/h5-8H,2-4,12H2,1H3. The summed E-state index contributed by atoms with van der Waals surface area (Å²) in [6, 6.07) is 7.69. The predicted molar refractivity (Wildman–Crippen MR) is 55.8 cm³/mol. The third-order valence-electron chi connectivity index (χ3n) is 2.05. The van der Waals surface area contributed by atoms with Crippen LogP contribution >= 0.6 is 0 Å². The number of esters is 1. The lowest BCUT2D eigenvalue weighted by atomic mass is 10.1. The molecule has 0 bridgehead atoms.